The Labute approximate surface area is 91.9 Å². The molecule has 0 aliphatic carbocycles. The van der Waals surface area contributed by atoms with Crippen LogP contribution < -0.4 is 4.74 Å². The lowest BCUT2D eigenvalue weighted by molar-refractivity contribution is 0.101. The van der Waals surface area contributed by atoms with E-state index in [9.17, 15) is 0 Å². The largest absolute Gasteiger partial charge is 0.478 e. The summed E-state index contributed by atoms with van der Waals surface area (Å²) in [7, 11) is 0. The smallest absolute Gasteiger partial charge is 0.142 e. The van der Waals surface area contributed by atoms with Crippen molar-refractivity contribution >= 4 is 0 Å². The Morgan fingerprint density at radius 3 is 2.93 bits per heavy atom. The Kier molecular flexibility index (Phi) is 3.27. The van der Waals surface area contributed by atoms with E-state index in [2.05, 4.69) is 36.9 Å². The van der Waals surface area contributed by atoms with Crippen LogP contribution >= 0.6 is 0 Å². The molecule has 2 heteroatoms. The summed E-state index contributed by atoms with van der Waals surface area (Å²) in [5.41, 5.74) is 2.77. The molecular weight excluding hydrogens is 186 g/mol. The van der Waals surface area contributed by atoms with E-state index < -0.39 is 0 Å². The Bertz CT molecular complexity index is 335. The molecule has 0 saturated carbocycles. The van der Waals surface area contributed by atoms with Gasteiger partial charge in [-0.05, 0) is 24.6 Å². The fourth-order valence-electron chi connectivity index (χ4n) is 1.99. The van der Waals surface area contributed by atoms with Crippen molar-refractivity contribution < 1.29 is 4.74 Å². The zero-order valence-corrected chi connectivity index (χ0v) is 9.62. The normalized spacial score (nSPS) is 15.9. The van der Waals surface area contributed by atoms with Crippen LogP contribution in [0.2, 0.25) is 0 Å². The average Bonchev–Trinajstić information content (AvgIpc) is 2.28. The van der Waals surface area contributed by atoms with Crippen molar-refractivity contribution in [2.45, 2.75) is 33.2 Å². The molecule has 2 nitrogen and oxygen atoms in total. The topological polar surface area (TPSA) is 12.5 Å². The second kappa shape index (κ2) is 4.67. The molecule has 0 amide bonds. The van der Waals surface area contributed by atoms with Gasteiger partial charge in [-0.15, -0.1) is 0 Å². The van der Waals surface area contributed by atoms with Gasteiger partial charge < -0.3 is 4.74 Å². The molecule has 2 rings (SSSR count). The number of hydrogen-bond acceptors (Lipinski definition) is 2. The van der Waals surface area contributed by atoms with Crippen LogP contribution in [-0.2, 0) is 13.0 Å². The van der Waals surface area contributed by atoms with Crippen LogP contribution in [-0.4, -0.2) is 18.2 Å². The van der Waals surface area contributed by atoms with Gasteiger partial charge in [0.15, 0.2) is 0 Å². The molecule has 0 radical (unpaired) electrons. The molecule has 0 bridgehead atoms. The Morgan fingerprint density at radius 2 is 2.20 bits per heavy atom. The van der Waals surface area contributed by atoms with Gasteiger partial charge in [0.1, 0.15) is 12.5 Å². The lowest BCUT2D eigenvalue weighted by atomic mass is 10.0. The lowest BCUT2D eigenvalue weighted by Crippen LogP contribution is -2.31. The molecule has 0 atom stereocenters. The van der Waals surface area contributed by atoms with Gasteiger partial charge >= 0.3 is 0 Å². The summed E-state index contributed by atoms with van der Waals surface area (Å²) in [5.74, 6) is 1.07. The quantitative estimate of drug-likeness (QED) is 0.752. The monoisotopic (exact) mass is 205 g/mol. The molecule has 1 aromatic rings. The summed E-state index contributed by atoms with van der Waals surface area (Å²) >= 11 is 0. The number of nitrogens with zero attached hydrogens (tertiary/aromatic N) is 1. The van der Waals surface area contributed by atoms with Gasteiger partial charge in [0, 0.05) is 12.1 Å². The van der Waals surface area contributed by atoms with Crippen molar-refractivity contribution in [3.05, 3.63) is 29.3 Å². The van der Waals surface area contributed by atoms with Gasteiger partial charge in [-0.1, -0.05) is 32.4 Å². The second-order valence-electron chi connectivity index (χ2n) is 4.11. The second-order valence-corrected chi connectivity index (χ2v) is 4.11. The molecule has 1 heterocycles. The standard InChI is InChI=1S/C13H19NO/c1-3-5-11-6-7-13-12(8-11)9-14(4-2)10-15-13/h6-8H,3-5,9-10H2,1-2H3. The Balaban J connectivity index is 2.19. The van der Waals surface area contributed by atoms with Crippen LogP contribution in [0, 0.1) is 0 Å². The minimum atomic E-state index is 0.733. The van der Waals surface area contributed by atoms with E-state index >= 15 is 0 Å². The first-order valence-electron chi connectivity index (χ1n) is 5.80. The molecule has 82 valence electrons. The van der Waals surface area contributed by atoms with Gasteiger partial charge in [-0.3, -0.25) is 4.90 Å². The van der Waals surface area contributed by atoms with Gasteiger partial charge in [0.2, 0.25) is 0 Å². The van der Waals surface area contributed by atoms with E-state index in [-0.39, 0.29) is 0 Å². The fraction of sp³-hybridized carbons (Fsp3) is 0.538. The third kappa shape index (κ3) is 2.32. The number of ether oxygens (including phenoxy) is 1. The Hall–Kier alpha value is -1.02. The van der Waals surface area contributed by atoms with Crippen molar-refractivity contribution in [1.82, 2.24) is 4.90 Å². The van der Waals surface area contributed by atoms with Crippen LogP contribution in [0.25, 0.3) is 0 Å². The van der Waals surface area contributed by atoms with Crippen LogP contribution in [0.15, 0.2) is 18.2 Å². The number of aryl methyl sites for hydroxylation is 1. The summed E-state index contributed by atoms with van der Waals surface area (Å²) in [4.78, 5) is 2.30. The minimum absolute atomic E-state index is 0.733. The first-order chi connectivity index (χ1) is 7.33. The molecule has 0 N–H and O–H groups in total. The Morgan fingerprint density at radius 1 is 1.33 bits per heavy atom. The third-order valence-corrected chi connectivity index (χ3v) is 2.91. The van der Waals surface area contributed by atoms with Crippen LogP contribution in [0.5, 0.6) is 5.75 Å². The van der Waals surface area contributed by atoms with E-state index in [4.69, 9.17) is 4.74 Å². The predicted molar refractivity (Wildman–Crippen MR) is 62.0 cm³/mol. The molecule has 1 aromatic carbocycles. The van der Waals surface area contributed by atoms with Crippen LogP contribution in [0.3, 0.4) is 0 Å². The molecule has 0 aromatic heterocycles. The highest BCUT2D eigenvalue weighted by atomic mass is 16.5. The summed E-state index contributed by atoms with van der Waals surface area (Å²) in [6, 6.07) is 6.60. The minimum Gasteiger partial charge on any atom is -0.478 e. The first-order valence-corrected chi connectivity index (χ1v) is 5.80. The van der Waals surface area contributed by atoms with Crippen molar-refractivity contribution in [2.75, 3.05) is 13.3 Å². The zero-order valence-electron chi connectivity index (χ0n) is 9.62. The summed E-state index contributed by atoms with van der Waals surface area (Å²) in [6.45, 7) is 7.20. The van der Waals surface area contributed by atoms with Gasteiger partial charge in [0.05, 0.1) is 0 Å². The lowest BCUT2D eigenvalue weighted by Gasteiger charge is -2.28. The highest BCUT2D eigenvalue weighted by Crippen LogP contribution is 2.26. The maximum Gasteiger partial charge on any atom is 0.142 e. The molecular formula is C13H19NO. The van der Waals surface area contributed by atoms with Crippen LogP contribution in [0.4, 0.5) is 0 Å². The molecule has 15 heavy (non-hydrogen) atoms. The number of hydrogen-bond donors (Lipinski definition) is 0. The summed E-state index contributed by atoms with van der Waals surface area (Å²) < 4.78 is 5.69. The number of fused-ring (bicyclic) bond motifs is 1. The third-order valence-electron chi connectivity index (χ3n) is 2.91. The molecule has 0 saturated heterocycles. The van der Waals surface area contributed by atoms with E-state index in [1.807, 2.05) is 0 Å². The molecule has 0 fully saturated rings. The zero-order chi connectivity index (χ0) is 10.7. The van der Waals surface area contributed by atoms with Gasteiger partial charge in [0.25, 0.3) is 0 Å². The van der Waals surface area contributed by atoms with Crippen LogP contribution in [0.1, 0.15) is 31.4 Å². The number of benzene rings is 1. The SMILES string of the molecule is CCCc1ccc2c(c1)CN(CC)CO2. The first kappa shape index (κ1) is 10.5. The van der Waals surface area contributed by atoms with E-state index in [1.165, 1.54) is 24.0 Å². The molecule has 0 unspecified atom stereocenters. The molecule has 1 aliphatic rings. The number of rotatable bonds is 3. The summed E-state index contributed by atoms with van der Waals surface area (Å²) in [5, 5.41) is 0. The van der Waals surface area contributed by atoms with Gasteiger partial charge in [-0.25, -0.2) is 0 Å². The van der Waals surface area contributed by atoms with Crippen molar-refractivity contribution in [1.29, 1.82) is 0 Å². The predicted octanol–water partition coefficient (Wildman–Crippen LogP) is 2.81. The maximum atomic E-state index is 5.69. The van der Waals surface area contributed by atoms with Crippen molar-refractivity contribution in [3.8, 4) is 5.75 Å². The maximum absolute atomic E-state index is 5.69. The highest BCUT2D eigenvalue weighted by Gasteiger charge is 2.15. The van der Waals surface area contributed by atoms with Crippen molar-refractivity contribution in [3.63, 3.8) is 0 Å². The van der Waals surface area contributed by atoms with Crippen molar-refractivity contribution in [2.24, 2.45) is 0 Å². The summed E-state index contributed by atoms with van der Waals surface area (Å²) in [6.07, 6.45) is 2.37. The van der Waals surface area contributed by atoms with Gasteiger partial charge in [-0.2, -0.15) is 0 Å². The van der Waals surface area contributed by atoms with E-state index in [0.717, 1.165) is 25.6 Å². The van der Waals surface area contributed by atoms with E-state index in [0.29, 0.717) is 0 Å². The molecule has 0 spiro atoms. The highest BCUT2D eigenvalue weighted by molar-refractivity contribution is 5.38. The van der Waals surface area contributed by atoms with E-state index in [1.54, 1.807) is 0 Å². The average molecular weight is 205 g/mol. The fourth-order valence-corrected chi connectivity index (χ4v) is 1.99. The molecule has 1 aliphatic heterocycles.